The van der Waals surface area contributed by atoms with Crippen LogP contribution in [0.5, 0.6) is 0 Å². The predicted molar refractivity (Wildman–Crippen MR) is 108 cm³/mol. The van der Waals surface area contributed by atoms with Gasteiger partial charge in [0, 0.05) is 12.5 Å². The van der Waals surface area contributed by atoms with Crippen LogP contribution < -0.4 is 4.72 Å². The van der Waals surface area contributed by atoms with Gasteiger partial charge in [-0.2, -0.15) is 0 Å². The minimum atomic E-state index is -3.99. The van der Waals surface area contributed by atoms with Crippen molar-refractivity contribution >= 4 is 32.5 Å². The molecule has 146 valence electrons. The molecule has 2 N–H and O–H groups in total. The molecule has 0 amide bonds. The summed E-state index contributed by atoms with van der Waals surface area (Å²) in [5, 5.41) is 10.9. The molecule has 8 heteroatoms. The van der Waals surface area contributed by atoms with Crippen molar-refractivity contribution in [2.45, 2.75) is 11.8 Å². The second kappa shape index (κ2) is 7.06. The lowest BCUT2D eigenvalue weighted by Gasteiger charge is -2.12. The second-order valence-corrected chi connectivity index (χ2v) is 8.11. The zero-order chi connectivity index (χ0) is 20.6. The lowest BCUT2D eigenvalue weighted by Crippen LogP contribution is -2.15. The van der Waals surface area contributed by atoms with Crippen LogP contribution in [0.15, 0.2) is 76.2 Å². The Morgan fingerprint density at radius 3 is 2.28 bits per heavy atom. The number of carboxylic acids is 1. The third kappa shape index (κ3) is 3.70. The van der Waals surface area contributed by atoms with E-state index in [9.17, 15) is 18.3 Å². The summed E-state index contributed by atoms with van der Waals surface area (Å²) < 4.78 is 33.2. The van der Waals surface area contributed by atoms with Crippen molar-refractivity contribution in [3.63, 3.8) is 0 Å². The number of nitrogens with one attached hydrogen (secondary N) is 1. The molecule has 3 aromatic carbocycles. The number of hydrogen-bond acceptors (Lipinski definition) is 5. The van der Waals surface area contributed by atoms with Gasteiger partial charge in [0.1, 0.15) is 12.0 Å². The molecule has 0 bridgehead atoms. The van der Waals surface area contributed by atoms with E-state index in [4.69, 9.17) is 4.42 Å². The van der Waals surface area contributed by atoms with Crippen molar-refractivity contribution in [3.05, 3.63) is 78.4 Å². The summed E-state index contributed by atoms with van der Waals surface area (Å²) >= 11 is 0. The zero-order valence-corrected chi connectivity index (χ0v) is 16.1. The summed E-state index contributed by atoms with van der Waals surface area (Å²) in [6, 6.07) is 16.2. The molecular weight excluding hydrogens is 392 g/mol. The van der Waals surface area contributed by atoms with Crippen molar-refractivity contribution < 1.29 is 22.7 Å². The molecule has 0 spiro atoms. The van der Waals surface area contributed by atoms with Gasteiger partial charge in [0.2, 0.25) is 0 Å². The maximum atomic E-state index is 12.8. The van der Waals surface area contributed by atoms with Crippen LogP contribution in [0.25, 0.3) is 22.0 Å². The predicted octanol–water partition coefficient (Wildman–Crippen LogP) is 4.30. The third-order valence-corrected chi connectivity index (χ3v) is 5.82. The van der Waals surface area contributed by atoms with E-state index in [1.165, 1.54) is 30.5 Å². The number of nitrogens with zero attached hydrogens (tertiary/aromatic N) is 1. The SMILES string of the molecule is Cc1nc(-c2ccc(S(=O)(=O)Nc3cc4ccccc4cc3C(=O)O)cc2)co1. The smallest absolute Gasteiger partial charge is 0.337 e. The van der Waals surface area contributed by atoms with Gasteiger partial charge in [-0.1, -0.05) is 36.4 Å². The first kappa shape index (κ1) is 18.7. The molecular formula is C21H16N2O5S. The standard InChI is InChI=1S/C21H16N2O5S/c1-13-22-20(12-28-13)14-6-8-17(9-7-14)29(26,27)23-19-11-16-5-3-2-4-15(16)10-18(19)21(24)25/h2-12,23H,1H3,(H,24,25). The highest BCUT2D eigenvalue weighted by molar-refractivity contribution is 7.92. The van der Waals surface area contributed by atoms with Gasteiger partial charge in [-0.25, -0.2) is 18.2 Å². The van der Waals surface area contributed by atoms with Crippen molar-refractivity contribution in [2.75, 3.05) is 4.72 Å². The van der Waals surface area contributed by atoms with Crippen LogP contribution in [-0.4, -0.2) is 24.5 Å². The van der Waals surface area contributed by atoms with Crippen LogP contribution in [0.1, 0.15) is 16.2 Å². The summed E-state index contributed by atoms with van der Waals surface area (Å²) in [6.45, 7) is 1.72. The van der Waals surface area contributed by atoms with Crippen LogP contribution in [0.2, 0.25) is 0 Å². The summed E-state index contributed by atoms with van der Waals surface area (Å²) in [4.78, 5) is 15.8. The molecule has 4 rings (SSSR count). The van der Waals surface area contributed by atoms with Gasteiger partial charge in [0.05, 0.1) is 16.1 Å². The molecule has 0 radical (unpaired) electrons. The highest BCUT2D eigenvalue weighted by Gasteiger charge is 2.19. The Kier molecular flexibility index (Phi) is 4.56. The summed E-state index contributed by atoms with van der Waals surface area (Å²) in [7, 11) is -3.99. The molecule has 1 aromatic heterocycles. The number of carbonyl (C=O) groups is 1. The van der Waals surface area contributed by atoms with Gasteiger partial charge >= 0.3 is 5.97 Å². The number of oxazole rings is 1. The molecule has 0 aliphatic carbocycles. The minimum absolute atomic E-state index is 0.00552. The van der Waals surface area contributed by atoms with Gasteiger partial charge in [-0.15, -0.1) is 0 Å². The number of carboxylic acid groups (broad SMARTS) is 1. The Balaban J connectivity index is 1.70. The van der Waals surface area contributed by atoms with Crippen LogP contribution >= 0.6 is 0 Å². The fourth-order valence-electron chi connectivity index (χ4n) is 3.01. The summed E-state index contributed by atoms with van der Waals surface area (Å²) in [5.74, 6) is -0.707. The number of hydrogen-bond donors (Lipinski definition) is 2. The number of aromatic carboxylic acids is 1. The maximum absolute atomic E-state index is 12.8. The van der Waals surface area contributed by atoms with Crippen molar-refractivity contribution in [3.8, 4) is 11.3 Å². The molecule has 29 heavy (non-hydrogen) atoms. The van der Waals surface area contributed by atoms with Crippen LogP contribution in [0.4, 0.5) is 5.69 Å². The maximum Gasteiger partial charge on any atom is 0.337 e. The van der Waals surface area contributed by atoms with Gasteiger partial charge in [0.25, 0.3) is 10.0 Å². The Labute approximate surface area is 166 Å². The number of fused-ring (bicyclic) bond motifs is 1. The van der Waals surface area contributed by atoms with E-state index >= 15 is 0 Å². The second-order valence-electron chi connectivity index (χ2n) is 6.43. The van der Waals surface area contributed by atoms with Crippen LogP contribution in [-0.2, 0) is 10.0 Å². The Hall–Kier alpha value is -3.65. The van der Waals surface area contributed by atoms with E-state index < -0.39 is 16.0 Å². The fraction of sp³-hybridized carbons (Fsp3) is 0.0476. The van der Waals surface area contributed by atoms with Crippen molar-refractivity contribution in [2.24, 2.45) is 0 Å². The topological polar surface area (TPSA) is 110 Å². The van der Waals surface area contributed by atoms with E-state index in [2.05, 4.69) is 9.71 Å². The van der Waals surface area contributed by atoms with E-state index in [0.717, 1.165) is 5.39 Å². The first-order valence-corrected chi connectivity index (χ1v) is 10.1. The Morgan fingerprint density at radius 2 is 1.69 bits per heavy atom. The van der Waals surface area contributed by atoms with Crippen LogP contribution in [0.3, 0.4) is 0 Å². The summed E-state index contributed by atoms with van der Waals surface area (Å²) in [5.41, 5.74) is 1.19. The molecule has 0 saturated carbocycles. The van der Waals surface area contributed by atoms with Crippen molar-refractivity contribution in [1.82, 2.24) is 4.98 Å². The highest BCUT2D eigenvalue weighted by Crippen LogP contribution is 2.27. The Morgan fingerprint density at radius 1 is 1.03 bits per heavy atom. The zero-order valence-electron chi connectivity index (χ0n) is 15.3. The van der Waals surface area contributed by atoms with E-state index in [1.807, 2.05) is 0 Å². The normalized spacial score (nSPS) is 11.5. The molecule has 0 aliphatic heterocycles. The first-order valence-electron chi connectivity index (χ1n) is 8.65. The molecule has 1 heterocycles. The number of rotatable bonds is 5. The van der Waals surface area contributed by atoms with Gasteiger partial charge in [-0.05, 0) is 35.0 Å². The van der Waals surface area contributed by atoms with Gasteiger partial charge in [-0.3, -0.25) is 4.72 Å². The Bertz CT molecular complexity index is 1320. The fourth-order valence-corrected chi connectivity index (χ4v) is 4.08. The first-order chi connectivity index (χ1) is 13.8. The number of anilines is 1. The largest absolute Gasteiger partial charge is 0.478 e. The molecule has 0 fully saturated rings. The van der Waals surface area contributed by atoms with E-state index in [1.54, 1.807) is 43.3 Å². The number of aromatic nitrogens is 1. The lowest BCUT2D eigenvalue weighted by atomic mass is 10.1. The quantitative estimate of drug-likeness (QED) is 0.509. The lowest BCUT2D eigenvalue weighted by molar-refractivity contribution is 0.0698. The molecule has 0 saturated heterocycles. The number of benzene rings is 3. The van der Waals surface area contributed by atoms with Gasteiger partial charge < -0.3 is 9.52 Å². The van der Waals surface area contributed by atoms with Gasteiger partial charge in [0.15, 0.2) is 5.89 Å². The van der Waals surface area contributed by atoms with Crippen molar-refractivity contribution in [1.29, 1.82) is 0 Å². The third-order valence-electron chi connectivity index (χ3n) is 4.44. The molecule has 4 aromatic rings. The minimum Gasteiger partial charge on any atom is -0.478 e. The van der Waals surface area contributed by atoms with Crippen LogP contribution in [0, 0.1) is 6.92 Å². The number of aryl methyl sites for hydroxylation is 1. The monoisotopic (exact) mass is 408 g/mol. The molecule has 0 atom stereocenters. The highest BCUT2D eigenvalue weighted by atomic mass is 32.2. The molecule has 7 nitrogen and oxygen atoms in total. The summed E-state index contributed by atoms with van der Waals surface area (Å²) in [6.07, 6.45) is 1.49. The average molecular weight is 408 g/mol. The number of sulfonamides is 1. The molecule has 0 aliphatic rings. The average Bonchev–Trinajstić information content (AvgIpc) is 3.13. The van der Waals surface area contributed by atoms with E-state index in [-0.39, 0.29) is 16.1 Å². The molecule has 0 unspecified atom stereocenters. The van der Waals surface area contributed by atoms with E-state index in [0.29, 0.717) is 22.5 Å².